The number of amides is 3. The van der Waals surface area contributed by atoms with E-state index >= 15 is 0 Å². The molecule has 3 N–H and O–H groups in total. The molecule has 0 aromatic rings. The molecule has 13 nitrogen and oxygen atoms in total. The van der Waals surface area contributed by atoms with Gasteiger partial charge >= 0.3 is 0 Å². The summed E-state index contributed by atoms with van der Waals surface area (Å²) >= 11 is 0. The number of rotatable bonds is 23. The van der Waals surface area contributed by atoms with Crippen LogP contribution in [-0.4, -0.2) is 97.3 Å². The van der Waals surface area contributed by atoms with Crippen molar-refractivity contribution in [3.05, 3.63) is 10.4 Å². The number of unbranched alkanes of at least 4 members (excludes halogenated alkanes) is 2. The Balaban J connectivity index is 4.31. The number of methoxy groups -OCH3 is 2. The van der Waals surface area contributed by atoms with Crippen LogP contribution < -0.4 is 16.0 Å². The van der Waals surface area contributed by atoms with Gasteiger partial charge in [-0.25, -0.2) is 0 Å². The predicted molar refractivity (Wildman–Crippen MR) is 125 cm³/mol. The molecule has 13 heteroatoms. The molecule has 0 radical (unpaired) electrons. The summed E-state index contributed by atoms with van der Waals surface area (Å²) < 4.78 is 20.9. The van der Waals surface area contributed by atoms with E-state index in [2.05, 4.69) is 26.0 Å². The second-order valence-corrected chi connectivity index (χ2v) is 7.36. The molecule has 0 aliphatic heterocycles. The van der Waals surface area contributed by atoms with Crippen molar-refractivity contribution >= 4 is 17.7 Å². The second-order valence-electron chi connectivity index (χ2n) is 7.36. The fourth-order valence-corrected chi connectivity index (χ4v) is 2.66. The first-order valence-corrected chi connectivity index (χ1v) is 11.5. The highest BCUT2D eigenvalue weighted by molar-refractivity contribution is 5.76. The van der Waals surface area contributed by atoms with Crippen molar-refractivity contribution < 1.29 is 33.3 Å². The molecule has 0 aromatic heterocycles. The minimum atomic E-state index is -0.413. The highest BCUT2D eigenvalue weighted by Gasteiger charge is 2.14. The Bertz CT molecular complexity index is 572. The number of ether oxygens (including phenoxy) is 4. The zero-order valence-corrected chi connectivity index (χ0v) is 20.4. The van der Waals surface area contributed by atoms with E-state index in [1.54, 1.807) is 14.2 Å². The van der Waals surface area contributed by atoms with Crippen LogP contribution in [0.2, 0.25) is 0 Å². The number of hydrogen-bond donors (Lipinski definition) is 3. The quantitative estimate of drug-likeness (QED) is 0.0820. The predicted octanol–water partition coefficient (Wildman–Crippen LogP) is 0.681. The normalized spacial score (nSPS) is 10.6. The Morgan fingerprint density at radius 3 is 1.85 bits per heavy atom. The lowest BCUT2D eigenvalue weighted by atomic mass is 10.2. The van der Waals surface area contributed by atoms with Gasteiger partial charge in [-0.05, 0) is 18.4 Å². The van der Waals surface area contributed by atoms with Gasteiger partial charge in [0.2, 0.25) is 17.7 Å². The van der Waals surface area contributed by atoms with Crippen LogP contribution in [0.3, 0.4) is 0 Å². The SMILES string of the molecule is COCCNC(=O)CCOCC(COCCC(=O)NCCOC)NC(=O)CCCCCN=[N+]=[N-]. The van der Waals surface area contributed by atoms with Gasteiger partial charge in [-0.3, -0.25) is 14.4 Å². The molecule has 3 amide bonds. The molecule has 0 aliphatic carbocycles. The number of nitrogens with one attached hydrogen (secondary N) is 3. The lowest BCUT2D eigenvalue weighted by Crippen LogP contribution is -2.42. The zero-order chi connectivity index (χ0) is 25.3. The van der Waals surface area contributed by atoms with Gasteiger partial charge in [-0.1, -0.05) is 11.5 Å². The zero-order valence-electron chi connectivity index (χ0n) is 20.4. The first-order valence-electron chi connectivity index (χ1n) is 11.5. The monoisotopic (exact) mass is 488 g/mol. The van der Waals surface area contributed by atoms with Gasteiger partial charge < -0.3 is 34.9 Å². The van der Waals surface area contributed by atoms with E-state index in [-0.39, 0.29) is 57.0 Å². The third kappa shape index (κ3) is 21.4. The fourth-order valence-electron chi connectivity index (χ4n) is 2.66. The van der Waals surface area contributed by atoms with Crippen LogP contribution in [0.25, 0.3) is 10.4 Å². The first kappa shape index (κ1) is 31.6. The van der Waals surface area contributed by atoms with E-state index in [4.69, 9.17) is 24.5 Å². The molecule has 0 aromatic carbocycles. The maximum absolute atomic E-state index is 12.3. The molecular formula is C21H40N6O7. The molecule has 0 unspecified atom stereocenters. The van der Waals surface area contributed by atoms with E-state index in [0.717, 1.165) is 12.8 Å². The van der Waals surface area contributed by atoms with Crippen molar-refractivity contribution in [2.45, 2.75) is 44.6 Å². The van der Waals surface area contributed by atoms with E-state index in [9.17, 15) is 14.4 Å². The summed E-state index contributed by atoms with van der Waals surface area (Å²) in [4.78, 5) is 38.4. The highest BCUT2D eigenvalue weighted by atomic mass is 16.5. The number of hydrogen-bond acceptors (Lipinski definition) is 8. The van der Waals surface area contributed by atoms with Gasteiger partial charge in [0.15, 0.2) is 0 Å². The van der Waals surface area contributed by atoms with Crippen LogP contribution in [-0.2, 0) is 33.3 Å². The average molecular weight is 489 g/mol. The molecule has 0 fully saturated rings. The molecule has 196 valence electrons. The van der Waals surface area contributed by atoms with Crippen LogP contribution in [0.5, 0.6) is 0 Å². The van der Waals surface area contributed by atoms with Crippen LogP contribution >= 0.6 is 0 Å². The Labute approximate surface area is 201 Å². The molecule has 0 saturated heterocycles. The lowest BCUT2D eigenvalue weighted by Gasteiger charge is -2.19. The summed E-state index contributed by atoms with van der Waals surface area (Å²) in [6.45, 7) is 2.91. The molecular weight excluding hydrogens is 448 g/mol. The van der Waals surface area contributed by atoms with E-state index in [0.29, 0.717) is 45.7 Å². The van der Waals surface area contributed by atoms with Crippen molar-refractivity contribution in [3.8, 4) is 0 Å². The third-order valence-electron chi connectivity index (χ3n) is 4.43. The van der Waals surface area contributed by atoms with Gasteiger partial charge in [0.25, 0.3) is 0 Å². The molecule has 0 atom stereocenters. The largest absolute Gasteiger partial charge is 0.383 e. The van der Waals surface area contributed by atoms with E-state index < -0.39 is 6.04 Å². The van der Waals surface area contributed by atoms with E-state index in [1.165, 1.54) is 0 Å². The van der Waals surface area contributed by atoms with Gasteiger partial charge in [0.1, 0.15) is 0 Å². The van der Waals surface area contributed by atoms with Crippen LogP contribution in [0, 0.1) is 0 Å². The standard InChI is InChI=1S/C21H40N6O7/c1-31-14-10-23-19(28)7-12-33-16-18(17-34-13-8-20(29)24-11-15-32-2)26-21(30)6-4-3-5-9-25-27-22/h18H,3-17H2,1-2H3,(H,23,28)(H,24,29)(H,26,30). The van der Waals surface area contributed by atoms with E-state index in [1.807, 2.05) is 0 Å². The fraction of sp³-hybridized carbons (Fsp3) is 0.857. The lowest BCUT2D eigenvalue weighted by molar-refractivity contribution is -0.125. The minimum Gasteiger partial charge on any atom is -0.383 e. The van der Waals surface area contributed by atoms with Crippen molar-refractivity contribution in [2.24, 2.45) is 5.11 Å². The van der Waals surface area contributed by atoms with Crippen molar-refractivity contribution in [1.82, 2.24) is 16.0 Å². The Morgan fingerprint density at radius 1 is 0.794 bits per heavy atom. The molecule has 0 spiro atoms. The van der Waals surface area contributed by atoms with Crippen LogP contribution in [0.4, 0.5) is 0 Å². The van der Waals surface area contributed by atoms with Crippen molar-refractivity contribution in [2.75, 3.05) is 73.5 Å². The summed E-state index contributed by atoms with van der Waals surface area (Å²) in [5, 5.41) is 11.7. The smallest absolute Gasteiger partial charge is 0.222 e. The Kier molecular flexibility index (Phi) is 22.0. The second kappa shape index (κ2) is 23.7. The maximum Gasteiger partial charge on any atom is 0.222 e. The molecule has 34 heavy (non-hydrogen) atoms. The number of carbonyl (C=O) groups excluding carboxylic acids is 3. The first-order chi connectivity index (χ1) is 16.5. The van der Waals surface area contributed by atoms with Crippen LogP contribution in [0.1, 0.15) is 38.5 Å². The summed E-state index contributed by atoms with van der Waals surface area (Å²) in [6, 6.07) is -0.413. The average Bonchev–Trinajstić information content (AvgIpc) is 2.81. The molecule has 0 bridgehead atoms. The van der Waals surface area contributed by atoms with Crippen molar-refractivity contribution in [1.29, 1.82) is 0 Å². The van der Waals surface area contributed by atoms with Crippen molar-refractivity contribution in [3.63, 3.8) is 0 Å². The summed E-state index contributed by atoms with van der Waals surface area (Å²) in [5.41, 5.74) is 8.26. The Morgan fingerprint density at radius 2 is 1.35 bits per heavy atom. The van der Waals surface area contributed by atoms with Gasteiger partial charge in [0.05, 0.1) is 45.7 Å². The summed E-state index contributed by atoms with van der Waals surface area (Å²) in [7, 11) is 3.12. The van der Waals surface area contributed by atoms with Gasteiger partial charge in [-0.15, -0.1) is 0 Å². The van der Waals surface area contributed by atoms with Gasteiger partial charge in [-0.2, -0.15) is 0 Å². The summed E-state index contributed by atoms with van der Waals surface area (Å²) in [6.07, 6.45) is 2.89. The maximum atomic E-state index is 12.3. The highest BCUT2D eigenvalue weighted by Crippen LogP contribution is 2.01. The topological polar surface area (TPSA) is 173 Å². The molecule has 0 heterocycles. The molecule has 0 rings (SSSR count). The Hall–Kier alpha value is -2.44. The number of carbonyl (C=O) groups is 3. The third-order valence-corrected chi connectivity index (χ3v) is 4.43. The number of nitrogens with zero attached hydrogens (tertiary/aromatic N) is 3. The molecule has 0 aliphatic rings. The van der Waals surface area contributed by atoms with Gasteiger partial charge in [0, 0.05) is 58.0 Å². The van der Waals surface area contributed by atoms with Crippen LogP contribution in [0.15, 0.2) is 5.11 Å². The minimum absolute atomic E-state index is 0.143. The summed E-state index contributed by atoms with van der Waals surface area (Å²) in [5.74, 6) is -0.432. The molecule has 0 saturated carbocycles. The number of azide groups is 1.